The van der Waals surface area contributed by atoms with Crippen molar-refractivity contribution in [3.05, 3.63) is 12.2 Å². The average molecular weight is 833 g/mol. The minimum absolute atomic E-state index is 0.186. The van der Waals surface area contributed by atoms with Gasteiger partial charge in [-0.1, -0.05) is 193 Å². The van der Waals surface area contributed by atoms with E-state index in [1.807, 2.05) is 0 Å². The predicted octanol–water partition coefficient (Wildman–Crippen LogP) is 12.8. The maximum absolute atomic E-state index is 12.6. The fourth-order valence-corrected chi connectivity index (χ4v) is 7.54. The van der Waals surface area contributed by atoms with E-state index in [0.717, 1.165) is 38.5 Å². The summed E-state index contributed by atoms with van der Waals surface area (Å²) in [5.41, 5.74) is 0. The first-order valence-corrected chi connectivity index (χ1v) is 25.1. The van der Waals surface area contributed by atoms with Crippen LogP contribution >= 0.6 is 7.82 Å². The monoisotopic (exact) mass is 833 g/mol. The summed E-state index contributed by atoms with van der Waals surface area (Å²) in [5.74, 6) is -0.937. The molecule has 0 aromatic rings. The van der Waals surface area contributed by atoms with Gasteiger partial charge in [-0.05, 0) is 38.5 Å². The third kappa shape index (κ3) is 42.6. The number of hydrogen-bond acceptors (Lipinski definition) is 9. The Morgan fingerprint density at radius 2 is 0.860 bits per heavy atom. The van der Waals surface area contributed by atoms with Crippen LogP contribution in [0, 0.1) is 0 Å². The van der Waals surface area contributed by atoms with Gasteiger partial charge in [-0.15, -0.1) is 0 Å². The molecule has 0 saturated heterocycles. The number of aliphatic hydroxyl groups excluding tert-OH is 2. The van der Waals surface area contributed by atoms with Gasteiger partial charge in [-0.25, -0.2) is 4.57 Å². The van der Waals surface area contributed by atoms with E-state index in [2.05, 4.69) is 26.0 Å². The zero-order chi connectivity index (χ0) is 41.9. The topological polar surface area (TPSA) is 149 Å². The molecule has 0 amide bonds. The maximum Gasteiger partial charge on any atom is 0.472 e. The first-order valence-electron chi connectivity index (χ1n) is 23.6. The van der Waals surface area contributed by atoms with Gasteiger partial charge in [0.2, 0.25) is 0 Å². The van der Waals surface area contributed by atoms with Crippen molar-refractivity contribution in [2.75, 3.05) is 26.4 Å². The summed E-state index contributed by atoms with van der Waals surface area (Å²) in [6.45, 7) is 2.40. The highest BCUT2D eigenvalue weighted by atomic mass is 31.2. The molecule has 0 aromatic carbocycles. The van der Waals surface area contributed by atoms with Crippen molar-refractivity contribution >= 4 is 19.8 Å². The third-order valence-electron chi connectivity index (χ3n) is 10.4. The van der Waals surface area contributed by atoms with Gasteiger partial charge in [0.15, 0.2) is 6.10 Å². The zero-order valence-electron chi connectivity index (χ0n) is 36.8. The molecule has 0 spiro atoms. The van der Waals surface area contributed by atoms with Crippen LogP contribution < -0.4 is 0 Å². The second-order valence-corrected chi connectivity index (χ2v) is 17.6. The lowest BCUT2D eigenvalue weighted by Gasteiger charge is -2.20. The molecule has 0 bridgehead atoms. The van der Waals surface area contributed by atoms with Crippen molar-refractivity contribution in [3.63, 3.8) is 0 Å². The van der Waals surface area contributed by atoms with Gasteiger partial charge in [0.05, 0.1) is 19.8 Å². The third-order valence-corrected chi connectivity index (χ3v) is 11.4. The largest absolute Gasteiger partial charge is 0.472 e. The predicted molar refractivity (Wildman–Crippen MR) is 233 cm³/mol. The molecule has 57 heavy (non-hydrogen) atoms. The van der Waals surface area contributed by atoms with Gasteiger partial charge in [0, 0.05) is 12.8 Å². The standard InChI is InChI=1S/C46H89O10P/c1-3-5-7-9-11-13-15-17-19-20-21-22-24-26-28-30-32-34-36-38-46(50)56-44(42-55-57(51,52)54-40-43(48)39-47)41-53-45(49)37-35-33-31-29-27-25-23-18-16-14-12-10-8-6-4-2/h27,29,43-44,47-48H,3-26,28,30-42H2,1-2H3,(H,51,52)/b29-27+/t43-,44+/m0/s1. The van der Waals surface area contributed by atoms with Crippen LogP contribution in [0.1, 0.15) is 232 Å². The SMILES string of the molecule is CCCCCCCCCCC/C=C/CCCCC(=O)OC[C@H](COP(=O)(O)OC[C@@H](O)CO)OC(=O)CCCCCCCCCCCCCCCCCCCCC. The minimum Gasteiger partial charge on any atom is -0.462 e. The number of hydrogen-bond donors (Lipinski definition) is 3. The number of unbranched alkanes of at least 4 members (excludes halogenated alkanes) is 29. The molecule has 338 valence electrons. The molecule has 0 aliphatic heterocycles. The number of aliphatic hydroxyl groups is 2. The van der Waals surface area contributed by atoms with Gasteiger partial charge < -0.3 is 24.6 Å². The quantitative estimate of drug-likeness (QED) is 0.0234. The van der Waals surface area contributed by atoms with Gasteiger partial charge in [0.25, 0.3) is 0 Å². The molecule has 10 nitrogen and oxygen atoms in total. The summed E-state index contributed by atoms with van der Waals surface area (Å²) in [6.07, 6.45) is 41.8. The second kappa shape index (κ2) is 42.8. The highest BCUT2D eigenvalue weighted by Gasteiger charge is 2.27. The molecule has 3 atom stereocenters. The van der Waals surface area contributed by atoms with Crippen LogP contribution in [-0.2, 0) is 32.7 Å². The van der Waals surface area contributed by atoms with Crippen molar-refractivity contribution in [2.45, 2.75) is 244 Å². The van der Waals surface area contributed by atoms with Crippen molar-refractivity contribution in [2.24, 2.45) is 0 Å². The van der Waals surface area contributed by atoms with Crippen molar-refractivity contribution in [1.29, 1.82) is 0 Å². The summed E-state index contributed by atoms with van der Waals surface area (Å²) in [4.78, 5) is 35.0. The van der Waals surface area contributed by atoms with Crippen LogP contribution in [0.15, 0.2) is 12.2 Å². The van der Waals surface area contributed by atoms with Crippen molar-refractivity contribution in [3.8, 4) is 0 Å². The molecule has 0 fully saturated rings. The molecule has 0 heterocycles. The lowest BCUT2D eigenvalue weighted by Crippen LogP contribution is -2.29. The van der Waals surface area contributed by atoms with Crippen LogP contribution in [0.5, 0.6) is 0 Å². The van der Waals surface area contributed by atoms with E-state index in [-0.39, 0.29) is 19.4 Å². The molecule has 0 saturated carbocycles. The molecule has 1 unspecified atom stereocenters. The van der Waals surface area contributed by atoms with E-state index in [4.69, 9.17) is 23.6 Å². The maximum atomic E-state index is 12.6. The highest BCUT2D eigenvalue weighted by molar-refractivity contribution is 7.47. The Balaban J connectivity index is 4.22. The Kier molecular flexibility index (Phi) is 41.9. The molecule has 11 heteroatoms. The van der Waals surface area contributed by atoms with Crippen LogP contribution in [0.3, 0.4) is 0 Å². The van der Waals surface area contributed by atoms with Crippen LogP contribution in [0.2, 0.25) is 0 Å². The number of carbonyl (C=O) groups is 2. The van der Waals surface area contributed by atoms with Crippen LogP contribution in [0.25, 0.3) is 0 Å². The van der Waals surface area contributed by atoms with E-state index < -0.39 is 51.8 Å². The van der Waals surface area contributed by atoms with E-state index in [9.17, 15) is 24.2 Å². The molecule has 0 radical (unpaired) electrons. The Hall–Kier alpha value is -1.29. The van der Waals surface area contributed by atoms with E-state index in [0.29, 0.717) is 12.8 Å². The average Bonchev–Trinajstić information content (AvgIpc) is 3.20. The van der Waals surface area contributed by atoms with Gasteiger partial charge in [0.1, 0.15) is 12.7 Å². The Bertz CT molecular complexity index is 961. The summed E-state index contributed by atoms with van der Waals surface area (Å²) in [5, 5.41) is 18.4. The van der Waals surface area contributed by atoms with Gasteiger partial charge in [-0.2, -0.15) is 0 Å². The first-order chi connectivity index (χ1) is 27.7. The minimum atomic E-state index is -4.62. The van der Waals surface area contributed by atoms with Crippen LogP contribution in [0.4, 0.5) is 0 Å². The lowest BCUT2D eigenvalue weighted by molar-refractivity contribution is -0.161. The molecule has 3 N–H and O–H groups in total. The van der Waals surface area contributed by atoms with Crippen LogP contribution in [-0.4, -0.2) is 65.7 Å². The number of rotatable bonds is 45. The number of ether oxygens (including phenoxy) is 2. The van der Waals surface area contributed by atoms with Crippen molar-refractivity contribution < 1.29 is 47.8 Å². The second-order valence-electron chi connectivity index (χ2n) is 16.1. The number of phosphoric ester groups is 1. The molecule has 0 aromatic heterocycles. The Labute approximate surface area is 349 Å². The lowest BCUT2D eigenvalue weighted by atomic mass is 10.0. The fraction of sp³-hybridized carbons (Fsp3) is 0.913. The Morgan fingerprint density at radius 1 is 0.509 bits per heavy atom. The zero-order valence-corrected chi connectivity index (χ0v) is 37.7. The van der Waals surface area contributed by atoms with Gasteiger partial charge >= 0.3 is 19.8 Å². The normalized spacial score (nSPS) is 13.8. The molecule has 0 aliphatic rings. The number of allylic oxidation sites excluding steroid dienone is 2. The summed E-state index contributed by atoms with van der Waals surface area (Å²) < 4.78 is 32.8. The smallest absolute Gasteiger partial charge is 0.462 e. The number of esters is 2. The summed E-state index contributed by atoms with van der Waals surface area (Å²) >= 11 is 0. The van der Waals surface area contributed by atoms with Gasteiger partial charge in [-0.3, -0.25) is 18.6 Å². The Morgan fingerprint density at radius 3 is 1.30 bits per heavy atom. The summed E-state index contributed by atoms with van der Waals surface area (Å²) in [6, 6.07) is 0. The first kappa shape index (κ1) is 55.7. The molecular formula is C46H89O10P. The molecule has 0 rings (SSSR count). The van der Waals surface area contributed by atoms with E-state index in [1.165, 1.54) is 154 Å². The van der Waals surface area contributed by atoms with E-state index in [1.54, 1.807) is 0 Å². The highest BCUT2D eigenvalue weighted by Crippen LogP contribution is 2.43. The number of phosphoric acid groups is 1. The fourth-order valence-electron chi connectivity index (χ4n) is 6.75. The molecular weight excluding hydrogens is 743 g/mol. The van der Waals surface area contributed by atoms with Crippen molar-refractivity contribution in [1.82, 2.24) is 0 Å². The number of carbonyl (C=O) groups excluding carboxylic acids is 2. The van der Waals surface area contributed by atoms with E-state index >= 15 is 0 Å². The molecule has 0 aliphatic carbocycles. The summed E-state index contributed by atoms with van der Waals surface area (Å²) in [7, 11) is -4.62.